The quantitative estimate of drug-likeness (QED) is 0.880. The number of hydrogen-bond donors (Lipinski definition) is 1. The van der Waals surface area contributed by atoms with E-state index in [2.05, 4.69) is 15.0 Å². The fraction of sp³-hybridized carbons (Fsp3) is 0.400. The molecule has 0 saturated heterocycles. The maximum Gasteiger partial charge on any atom is 0.321 e. The molecule has 2 aromatic rings. The lowest BCUT2D eigenvalue weighted by molar-refractivity contribution is 0.243. The lowest BCUT2D eigenvalue weighted by Gasteiger charge is -2.13. The van der Waals surface area contributed by atoms with E-state index < -0.39 is 0 Å². The molecule has 0 unspecified atom stereocenters. The molecule has 0 saturated carbocycles. The molecule has 112 valence electrons. The first-order chi connectivity index (χ1) is 10.1. The van der Waals surface area contributed by atoms with Gasteiger partial charge in [0.1, 0.15) is 5.75 Å². The third-order valence-corrected chi connectivity index (χ3v) is 2.56. The van der Waals surface area contributed by atoms with Crippen LogP contribution in [-0.4, -0.2) is 27.7 Å². The molecule has 2 N–H and O–H groups in total. The van der Waals surface area contributed by atoms with Crippen LogP contribution in [0, 0.1) is 0 Å². The molecule has 0 radical (unpaired) electrons. The average Bonchev–Trinajstić information content (AvgIpc) is 2.44. The third-order valence-electron chi connectivity index (χ3n) is 2.56. The Balaban J connectivity index is 2.39. The first-order valence-corrected chi connectivity index (χ1v) is 7.00. The summed E-state index contributed by atoms with van der Waals surface area (Å²) < 4.78 is 11.2. The first-order valence-electron chi connectivity index (χ1n) is 7.00. The summed E-state index contributed by atoms with van der Waals surface area (Å²) in [6.07, 6.45) is 0.926. The Hall–Kier alpha value is -2.37. The number of para-hydroxylation sites is 1. The Morgan fingerprint density at radius 2 is 1.90 bits per heavy atom. The number of benzene rings is 1. The minimum absolute atomic E-state index is 0.0566. The number of aromatic nitrogens is 3. The van der Waals surface area contributed by atoms with Crippen molar-refractivity contribution in [3.63, 3.8) is 0 Å². The summed E-state index contributed by atoms with van der Waals surface area (Å²) in [5.74, 6) is 1.29. The Morgan fingerprint density at radius 3 is 2.62 bits per heavy atom. The van der Waals surface area contributed by atoms with Crippen LogP contribution in [0.15, 0.2) is 24.3 Å². The van der Waals surface area contributed by atoms with E-state index in [-0.39, 0.29) is 18.1 Å². The van der Waals surface area contributed by atoms with Gasteiger partial charge in [-0.2, -0.15) is 15.0 Å². The molecule has 1 heterocycles. The van der Waals surface area contributed by atoms with E-state index in [1.807, 2.05) is 45.0 Å². The highest BCUT2D eigenvalue weighted by atomic mass is 16.5. The number of nitrogen functional groups attached to an aromatic ring is 1. The summed E-state index contributed by atoms with van der Waals surface area (Å²) in [7, 11) is 0. The minimum Gasteiger partial charge on any atom is -0.490 e. The zero-order chi connectivity index (χ0) is 15.2. The molecule has 6 nitrogen and oxygen atoms in total. The molecular formula is C15H20N4O2. The van der Waals surface area contributed by atoms with Gasteiger partial charge in [0.25, 0.3) is 0 Å². The minimum atomic E-state index is 0.0566. The smallest absolute Gasteiger partial charge is 0.321 e. The van der Waals surface area contributed by atoms with Gasteiger partial charge in [0.2, 0.25) is 5.95 Å². The average molecular weight is 288 g/mol. The summed E-state index contributed by atoms with van der Waals surface area (Å²) in [6, 6.07) is 7.80. The molecule has 0 bridgehead atoms. The molecule has 1 aromatic heterocycles. The maximum absolute atomic E-state index is 5.78. The van der Waals surface area contributed by atoms with E-state index in [0.29, 0.717) is 18.2 Å². The standard InChI is InChI=1S/C15H20N4O2/c1-4-9-20-15-18-13(17-14(16)19-15)11-7-5-6-8-12(11)21-10(2)3/h5-8,10H,4,9H2,1-3H3,(H2,16,17,18,19). The molecule has 1 aromatic carbocycles. The lowest BCUT2D eigenvalue weighted by Crippen LogP contribution is -2.09. The highest BCUT2D eigenvalue weighted by molar-refractivity contribution is 5.64. The molecule has 0 spiro atoms. The van der Waals surface area contributed by atoms with Crippen LogP contribution in [0.2, 0.25) is 0 Å². The number of rotatable bonds is 6. The Labute approximate surface area is 124 Å². The monoisotopic (exact) mass is 288 g/mol. The van der Waals surface area contributed by atoms with Crippen molar-refractivity contribution in [1.82, 2.24) is 15.0 Å². The van der Waals surface area contributed by atoms with E-state index in [9.17, 15) is 0 Å². The van der Waals surface area contributed by atoms with Crippen molar-refractivity contribution in [3.05, 3.63) is 24.3 Å². The van der Waals surface area contributed by atoms with Gasteiger partial charge in [-0.05, 0) is 32.4 Å². The van der Waals surface area contributed by atoms with Crippen molar-refractivity contribution < 1.29 is 9.47 Å². The van der Waals surface area contributed by atoms with E-state index >= 15 is 0 Å². The highest BCUT2D eigenvalue weighted by Gasteiger charge is 2.13. The Bertz CT molecular complexity index is 602. The van der Waals surface area contributed by atoms with Gasteiger partial charge in [-0.15, -0.1) is 0 Å². The van der Waals surface area contributed by atoms with E-state index in [0.717, 1.165) is 12.0 Å². The van der Waals surface area contributed by atoms with Crippen LogP contribution in [0.25, 0.3) is 11.4 Å². The molecule has 0 amide bonds. The fourth-order valence-electron chi connectivity index (χ4n) is 1.76. The van der Waals surface area contributed by atoms with Gasteiger partial charge in [0.15, 0.2) is 5.82 Å². The molecule has 0 aliphatic rings. The van der Waals surface area contributed by atoms with Gasteiger partial charge in [0.05, 0.1) is 18.3 Å². The van der Waals surface area contributed by atoms with Crippen LogP contribution in [-0.2, 0) is 0 Å². The normalized spacial score (nSPS) is 10.7. The first kappa shape index (κ1) is 15.0. The van der Waals surface area contributed by atoms with Crippen LogP contribution in [0.1, 0.15) is 27.2 Å². The van der Waals surface area contributed by atoms with Gasteiger partial charge in [-0.1, -0.05) is 19.1 Å². The van der Waals surface area contributed by atoms with Crippen molar-refractivity contribution in [2.45, 2.75) is 33.3 Å². The van der Waals surface area contributed by atoms with Gasteiger partial charge in [-0.3, -0.25) is 0 Å². The molecular weight excluding hydrogens is 268 g/mol. The third kappa shape index (κ3) is 4.05. The van der Waals surface area contributed by atoms with E-state index in [4.69, 9.17) is 15.2 Å². The van der Waals surface area contributed by atoms with Crippen LogP contribution < -0.4 is 15.2 Å². The molecule has 0 aliphatic heterocycles. The number of nitrogens with two attached hydrogens (primary N) is 1. The second-order valence-corrected chi connectivity index (χ2v) is 4.81. The van der Waals surface area contributed by atoms with Gasteiger partial charge >= 0.3 is 6.01 Å². The van der Waals surface area contributed by atoms with Gasteiger partial charge < -0.3 is 15.2 Å². The summed E-state index contributed by atoms with van der Waals surface area (Å²) >= 11 is 0. The summed E-state index contributed by atoms with van der Waals surface area (Å²) in [5, 5.41) is 0. The van der Waals surface area contributed by atoms with Crippen LogP contribution >= 0.6 is 0 Å². The summed E-state index contributed by atoms with van der Waals surface area (Å²) in [6.45, 7) is 6.48. The maximum atomic E-state index is 5.78. The Morgan fingerprint density at radius 1 is 1.14 bits per heavy atom. The van der Waals surface area contributed by atoms with Crippen molar-refractivity contribution >= 4 is 5.95 Å². The molecule has 0 fully saturated rings. The molecule has 0 atom stereocenters. The second kappa shape index (κ2) is 6.88. The van der Waals surface area contributed by atoms with Crippen molar-refractivity contribution in [3.8, 4) is 23.1 Å². The SMILES string of the molecule is CCCOc1nc(N)nc(-c2ccccc2OC(C)C)n1. The number of anilines is 1. The lowest BCUT2D eigenvalue weighted by atomic mass is 10.2. The number of ether oxygens (including phenoxy) is 2. The van der Waals surface area contributed by atoms with Crippen molar-refractivity contribution in [1.29, 1.82) is 0 Å². The summed E-state index contributed by atoms with van der Waals surface area (Å²) in [5.41, 5.74) is 6.50. The number of nitrogens with zero attached hydrogens (tertiary/aromatic N) is 3. The molecule has 21 heavy (non-hydrogen) atoms. The highest BCUT2D eigenvalue weighted by Crippen LogP contribution is 2.29. The Kier molecular flexibility index (Phi) is 4.92. The molecule has 2 rings (SSSR count). The summed E-state index contributed by atoms with van der Waals surface area (Å²) in [4.78, 5) is 12.5. The van der Waals surface area contributed by atoms with E-state index in [1.54, 1.807) is 0 Å². The zero-order valence-corrected chi connectivity index (χ0v) is 12.5. The number of hydrogen-bond acceptors (Lipinski definition) is 6. The largest absolute Gasteiger partial charge is 0.490 e. The van der Waals surface area contributed by atoms with Crippen molar-refractivity contribution in [2.24, 2.45) is 0 Å². The van der Waals surface area contributed by atoms with Crippen LogP contribution in [0.3, 0.4) is 0 Å². The fourth-order valence-corrected chi connectivity index (χ4v) is 1.76. The van der Waals surface area contributed by atoms with Gasteiger partial charge in [-0.25, -0.2) is 0 Å². The molecule has 6 heteroatoms. The zero-order valence-electron chi connectivity index (χ0n) is 12.5. The van der Waals surface area contributed by atoms with Crippen LogP contribution in [0.5, 0.6) is 11.8 Å². The van der Waals surface area contributed by atoms with Crippen molar-refractivity contribution in [2.75, 3.05) is 12.3 Å². The topological polar surface area (TPSA) is 83.2 Å². The second-order valence-electron chi connectivity index (χ2n) is 4.81. The predicted molar refractivity (Wildman–Crippen MR) is 81.2 cm³/mol. The van der Waals surface area contributed by atoms with Crippen LogP contribution in [0.4, 0.5) is 5.95 Å². The predicted octanol–water partition coefficient (Wildman–Crippen LogP) is 2.70. The molecule has 0 aliphatic carbocycles. The van der Waals surface area contributed by atoms with E-state index in [1.165, 1.54) is 0 Å². The van der Waals surface area contributed by atoms with Gasteiger partial charge in [0, 0.05) is 0 Å².